The van der Waals surface area contributed by atoms with Gasteiger partial charge >= 0.3 is 0 Å². The molecule has 0 fully saturated rings. The van der Waals surface area contributed by atoms with Crippen molar-refractivity contribution in [3.8, 4) is 0 Å². The van der Waals surface area contributed by atoms with Crippen molar-refractivity contribution >= 4 is 39.1 Å². The van der Waals surface area contributed by atoms with Crippen LogP contribution in [0.2, 0.25) is 5.02 Å². The summed E-state index contributed by atoms with van der Waals surface area (Å²) in [7, 11) is -4.12. The molecule has 0 heterocycles. The van der Waals surface area contributed by atoms with Crippen LogP contribution >= 0.6 is 11.6 Å². The van der Waals surface area contributed by atoms with Crippen LogP contribution in [-0.2, 0) is 26.2 Å². The number of halogens is 1. The van der Waals surface area contributed by atoms with E-state index in [9.17, 15) is 18.0 Å². The second kappa shape index (κ2) is 13.4. The monoisotopic (exact) mass is 555 g/mol. The van der Waals surface area contributed by atoms with Gasteiger partial charge in [-0.05, 0) is 67.3 Å². The van der Waals surface area contributed by atoms with Gasteiger partial charge in [0.15, 0.2) is 0 Å². The van der Waals surface area contributed by atoms with Gasteiger partial charge < -0.3 is 10.2 Å². The molecule has 1 atom stereocenters. The molecule has 1 N–H and O–H groups in total. The van der Waals surface area contributed by atoms with Crippen molar-refractivity contribution in [1.82, 2.24) is 10.2 Å². The molecule has 7 nitrogen and oxygen atoms in total. The third-order valence-electron chi connectivity index (χ3n) is 6.26. The van der Waals surface area contributed by atoms with E-state index < -0.39 is 28.5 Å². The molecular formula is C29H34ClN3O4S. The number of aryl methyl sites for hydroxylation is 1. The smallest absolute Gasteiger partial charge is 0.264 e. The summed E-state index contributed by atoms with van der Waals surface area (Å²) in [6.07, 6.45) is 1.14. The molecule has 0 bridgehead atoms. The summed E-state index contributed by atoms with van der Waals surface area (Å²) in [5, 5.41) is 3.29. The van der Waals surface area contributed by atoms with Crippen molar-refractivity contribution in [3.63, 3.8) is 0 Å². The molecule has 0 spiro atoms. The van der Waals surface area contributed by atoms with Crippen molar-refractivity contribution in [2.45, 2.75) is 51.1 Å². The number of benzene rings is 3. The predicted molar refractivity (Wildman–Crippen MR) is 152 cm³/mol. The van der Waals surface area contributed by atoms with Crippen LogP contribution in [-0.4, -0.2) is 44.3 Å². The molecule has 0 radical (unpaired) electrons. The van der Waals surface area contributed by atoms with Crippen molar-refractivity contribution in [1.29, 1.82) is 0 Å². The van der Waals surface area contributed by atoms with Gasteiger partial charge in [-0.3, -0.25) is 13.9 Å². The maximum Gasteiger partial charge on any atom is 0.264 e. The van der Waals surface area contributed by atoms with Crippen molar-refractivity contribution in [2.24, 2.45) is 0 Å². The molecule has 3 aromatic rings. The quantitative estimate of drug-likeness (QED) is 0.334. The first kappa shape index (κ1) is 29.2. The Morgan fingerprint density at radius 1 is 0.921 bits per heavy atom. The van der Waals surface area contributed by atoms with E-state index in [4.69, 9.17) is 11.6 Å². The van der Waals surface area contributed by atoms with Crippen LogP contribution in [0.15, 0.2) is 83.8 Å². The summed E-state index contributed by atoms with van der Waals surface area (Å²) in [5.74, 6) is -0.740. The minimum Gasteiger partial charge on any atom is -0.354 e. The summed E-state index contributed by atoms with van der Waals surface area (Å²) in [4.78, 5) is 28.6. The normalized spacial score (nSPS) is 12.0. The molecule has 0 aromatic heterocycles. The fourth-order valence-electron chi connectivity index (χ4n) is 4.11. The number of hydrogen-bond donors (Lipinski definition) is 1. The number of amides is 2. The van der Waals surface area contributed by atoms with Gasteiger partial charge in [0.2, 0.25) is 11.8 Å². The van der Waals surface area contributed by atoms with E-state index in [0.29, 0.717) is 23.7 Å². The van der Waals surface area contributed by atoms with Gasteiger partial charge in [-0.1, -0.05) is 67.9 Å². The number of para-hydroxylation sites is 1. The Morgan fingerprint density at radius 2 is 1.55 bits per heavy atom. The zero-order valence-corrected chi connectivity index (χ0v) is 23.5. The number of carbonyl (C=O) groups is 2. The number of anilines is 1. The Bertz CT molecular complexity index is 1330. The summed E-state index contributed by atoms with van der Waals surface area (Å²) in [6, 6.07) is 21.2. The zero-order chi connectivity index (χ0) is 27.7. The molecule has 3 rings (SSSR count). The maximum absolute atomic E-state index is 14.0. The maximum atomic E-state index is 14.0. The Labute approximate surface area is 230 Å². The molecule has 2 amide bonds. The summed E-state index contributed by atoms with van der Waals surface area (Å²) >= 11 is 5.98. The molecule has 0 unspecified atom stereocenters. The van der Waals surface area contributed by atoms with E-state index in [0.717, 1.165) is 21.9 Å². The first-order chi connectivity index (χ1) is 18.2. The van der Waals surface area contributed by atoms with Gasteiger partial charge in [0.1, 0.15) is 12.6 Å². The first-order valence-corrected chi connectivity index (χ1v) is 14.5. The molecule has 0 saturated carbocycles. The van der Waals surface area contributed by atoms with Crippen LogP contribution in [0, 0.1) is 6.92 Å². The first-order valence-electron chi connectivity index (χ1n) is 12.6. The molecule has 9 heteroatoms. The summed E-state index contributed by atoms with van der Waals surface area (Å²) in [6.45, 7) is 5.93. The van der Waals surface area contributed by atoms with Crippen LogP contribution in [0.5, 0.6) is 0 Å². The van der Waals surface area contributed by atoms with Gasteiger partial charge in [-0.2, -0.15) is 0 Å². The third kappa shape index (κ3) is 7.14. The van der Waals surface area contributed by atoms with Crippen LogP contribution in [0.4, 0.5) is 5.69 Å². The number of carbonyl (C=O) groups excluding carboxylic acids is 2. The lowest BCUT2D eigenvalue weighted by atomic mass is 10.1. The highest BCUT2D eigenvalue weighted by Gasteiger charge is 2.33. The summed E-state index contributed by atoms with van der Waals surface area (Å²) < 4.78 is 28.6. The average molecular weight is 556 g/mol. The van der Waals surface area contributed by atoms with Crippen LogP contribution in [0.3, 0.4) is 0 Å². The lowest BCUT2D eigenvalue weighted by Gasteiger charge is -2.33. The fraction of sp³-hybridized carbons (Fsp3) is 0.310. The Hall–Kier alpha value is -3.36. The number of nitrogens with one attached hydrogen (secondary N) is 1. The fourth-order valence-corrected chi connectivity index (χ4v) is 5.65. The molecule has 0 aliphatic carbocycles. The van der Waals surface area contributed by atoms with E-state index in [1.807, 2.05) is 45.0 Å². The standard InChI is InChI=1S/C29H34ClN3O4S/c1-4-19-31-29(35)27(5-2)32(20-23-12-10-9-11-22(23)3)28(34)21-33(25-13-7-6-8-14-25)38(36,37)26-17-15-24(30)16-18-26/h6-18,27H,4-5,19-21H2,1-3H3,(H,31,35)/t27-/m0/s1. The number of rotatable bonds is 12. The average Bonchev–Trinajstić information content (AvgIpc) is 2.92. The minimum absolute atomic E-state index is 0.0109. The van der Waals surface area contributed by atoms with E-state index in [1.165, 1.54) is 29.2 Å². The van der Waals surface area contributed by atoms with Crippen molar-refractivity contribution in [3.05, 3.63) is 95.0 Å². The SMILES string of the molecule is CCCNC(=O)[C@H](CC)N(Cc1ccccc1C)C(=O)CN(c1ccccc1)S(=O)(=O)c1ccc(Cl)cc1. The third-order valence-corrected chi connectivity index (χ3v) is 8.30. The van der Waals surface area contributed by atoms with Gasteiger partial charge in [0.25, 0.3) is 10.0 Å². The van der Waals surface area contributed by atoms with E-state index in [1.54, 1.807) is 30.3 Å². The number of nitrogens with zero attached hydrogens (tertiary/aromatic N) is 2. The highest BCUT2D eigenvalue weighted by atomic mass is 35.5. The van der Waals surface area contributed by atoms with Gasteiger partial charge in [0.05, 0.1) is 10.6 Å². The summed E-state index contributed by atoms with van der Waals surface area (Å²) in [5.41, 5.74) is 2.20. The molecule has 38 heavy (non-hydrogen) atoms. The lowest BCUT2D eigenvalue weighted by molar-refractivity contribution is -0.140. The Kier molecular flexibility index (Phi) is 10.3. The topological polar surface area (TPSA) is 86.8 Å². The molecule has 3 aromatic carbocycles. The Morgan fingerprint density at radius 3 is 2.16 bits per heavy atom. The highest BCUT2D eigenvalue weighted by Crippen LogP contribution is 2.26. The predicted octanol–water partition coefficient (Wildman–Crippen LogP) is 5.18. The van der Waals surface area contributed by atoms with Gasteiger partial charge in [-0.25, -0.2) is 8.42 Å². The van der Waals surface area contributed by atoms with Crippen molar-refractivity contribution in [2.75, 3.05) is 17.4 Å². The molecule has 0 aliphatic rings. The Balaban J connectivity index is 2.03. The van der Waals surface area contributed by atoms with Gasteiger partial charge in [0, 0.05) is 18.1 Å². The van der Waals surface area contributed by atoms with Crippen LogP contribution in [0.1, 0.15) is 37.8 Å². The minimum atomic E-state index is -4.12. The van der Waals surface area contributed by atoms with Crippen LogP contribution < -0.4 is 9.62 Å². The largest absolute Gasteiger partial charge is 0.354 e. The lowest BCUT2D eigenvalue weighted by Crippen LogP contribution is -2.52. The van der Waals surface area contributed by atoms with Crippen LogP contribution in [0.25, 0.3) is 0 Å². The highest BCUT2D eigenvalue weighted by molar-refractivity contribution is 7.92. The number of sulfonamides is 1. The van der Waals surface area contributed by atoms with E-state index >= 15 is 0 Å². The molecular weight excluding hydrogens is 522 g/mol. The second-order valence-electron chi connectivity index (χ2n) is 8.96. The molecule has 0 saturated heterocycles. The second-order valence-corrected chi connectivity index (χ2v) is 11.3. The zero-order valence-electron chi connectivity index (χ0n) is 21.9. The van der Waals surface area contributed by atoms with Crippen molar-refractivity contribution < 1.29 is 18.0 Å². The van der Waals surface area contributed by atoms with Gasteiger partial charge in [-0.15, -0.1) is 0 Å². The number of hydrogen-bond acceptors (Lipinski definition) is 4. The molecule has 202 valence electrons. The molecule has 0 aliphatic heterocycles. The van der Waals surface area contributed by atoms with E-state index in [-0.39, 0.29) is 17.3 Å². The van der Waals surface area contributed by atoms with E-state index in [2.05, 4.69) is 5.32 Å².